The quantitative estimate of drug-likeness (QED) is 0.504. The predicted octanol–water partition coefficient (Wildman–Crippen LogP) is 0.792. The Kier molecular flexibility index (Phi) is 9.97. The van der Waals surface area contributed by atoms with E-state index in [2.05, 4.69) is 6.92 Å². The van der Waals surface area contributed by atoms with Gasteiger partial charge in [-0.2, -0.15) is 0 Å². The Balaban J connectivity index is 0. The summed E-state index contributed by atoms with van der Waals surface area (Å²) in [5, 5.41) is 0. The average Bonchev–Trinajstić information content (AvgIpc) is 2.25. The molecule has 0 aromatic carbocycles. The van der Waals surface area contributed by atoms with E-state index in [4.69, 9.17) is 10.5 Å². The van der Waals surface area contributed by atoms with E-state index in [0.717, 1.165) is 13.2 Å². The van der Waals surface area contributed by atoms with E-state index in [0.29, 0.717) is 6.10 Å². The normalized spacial score (nSPS) is 22.1. The minimum atomic E-state index is 0. The summed E-state index contributed by atoms with van der Waals surface area (Å²) in [6, 6.07) is 0. The van der Waals surface area contributed by atoms with Gasteiger partial charge < -0.3 is 10.5 Å². The highest BCUT2D eigenvalue weighted by atomic mass is 35.5. The first-order valence-corrected chi connectivity index (χ1v) is 2.63. The van der Waals surface area contributed by atoms with Gasteiger partial charge >= 0.3 is 0 Å². The molecule has 0 aliphatic carbocycles. The molecule has 52 valence electrons. The SMILES string of the molecule is CC1CO1.CCN.Cl. The third kappa shape index (κ3) is 16.4. The van der Waals surface area contributed by atoms with Crippen LogP contribution in [-0.2, 0) is 4.74 Å². The highest BCUT2D eigenvalue weighted by Gasteiger charge is 2.13. The molecule has 0 aromatic heterocycles. The van der Waals surface area contributed by atoms with Crippen LogP contribution in [0.5, 0.6) is 0 Å². The number of halogens is 1. The molecule has 0 amide bonds. The lowest BCUT2D eigenvalue weighted by atomic mass is 10.6. The van der Waals surface area contributed by atoms with Crippen LogP contribution in [0, 0.1) is 0 Å². The van der Waals surface area contributed by atoms with E-state index >= 15 is 0 Å². The second-order valence-corrected chi connectivity index (χ2v) is 1.55. The van der Waals surface area contributed by atoms with Gasteiger partial charge in [-0.3, -0.25) is 0 Å². The maximum atomic E-state index is 4.85. The minimum Gasteiger partial charge on any atom is -0.373 e. The van der Waals surface area contributed by atoms with Crippen LogP contribution in [0.4, 0.5) is 0 Å². The smallest absolute Gasteiger partial charge is 0.0781 e. The lowest BCUT2D eigenvalue weighted by molar-refractivity contribution is 0.423. The van der Waals surface area contributed by atoms with Crippen molar-refractivity contribution in [3.63, 3.8) is 0 Å². The molecule has 1 unspecified atom stereocenters. The molecule has 8 heavy (non-hydrogen) atoms. The zero-order valence-corrected chi connectivity index (χ0v) is 6.20. The van der Waals surface area contributed by atoms with Gasteiger partial charge in [-0.15, -0.1) is 12.4 Å². The van der Waals surface area contributed by atoms with Gasteiger partial charge in [0, 0.05) is 0 Å². The highest BCUT2D eigenvalue weighted by Crippen LogP contribution is 2.04. The van der Waals surface area contributed by atoms with Gasteiger partial charge in [-0.05, 0) is 13.5 Å². The molecule has 0 spiro atoms. The summed E-state index contributed by atoms with van der Waals surface area (Å²) in [6.07, 6.45) is 0.583. The van der Waals surface area contributed by atoms with E-state index in [-0.39, 0.29) is 12.4 Å². The van der Waals surface area contributed by atoms with Crippen LogP contribution < -0.4 is 5.73 Å². The van der Waals surface area contributed by atoms with Crippen molar-refractivity contribution in [1.82, 2.24) is 0 Å². The Morgan fingerprint density at radius 2 is 1.88 bits per heavy atom. The second kappa shape index (κ2) is 7.21. The fourth-order valence-corrected chi connectivity index (χ4v) is 0.0962. The number of hydrogen-bond acceptors (Lipinski definition) is 2. The molecule has 0 bridgehead atoms. The molecule has 3 heteroatoms. The molecule has 2 nitrogen and oxygen atoms in total. The van der Waals surface area contributed by atoms with Crippen molar-refractivity contribution in [3.8, 4) is 0 Å². The summed E-state index contributed by atoms with van der Waals surface area (Å²) in [7, 11) is 0. The predicted molar refractivity (Wildman–Crippen MR) is 37.4 cm³/mol. The molecule has 1 atom stereocenters. The molecule has 1 aliphatic rings. The zero-order chi connectivity index (χ0) is 5.70. The Labute approximate surface area is 56.8 Å². The van der Waals surface area contributed by atoms with Crippen LogP contribution in [0.25, 0.3) is 0 Å². The third-order valence-electron chi connectivity index (χ3n) is 0.500. The largest absolute Gasteiger partial charge is 0.373 e. The van der Waals surface area contributed by atoms with E-state index in [1.807, 2.05) is 6.92 Å². The van der Waals surface area contributed by atoms with Crippen molar-refractivity contribution < 1.29 is 4.74 Å². The van der Waals surface area contributed by atoms with Crippen molar-refractivity contribution >= 4 is 12.4 Å². The molecule has 0 radical (unpaired) electrons. The zero-order valence-electron chi connectivity index (χ0n) is 5.39. The van der Waals surface area contributed by atoms with Gasteiger partial charge in [-0.1, -0.05) is 6.92 Å². The summed E-state index contributed by atoms with van der Waals surface area (Å²) in [4.78, 5) is 0. The molecule has 1 saturated heterocycles. The van der Waals surface area contributed by atoms with Crippen LogP contribution in [0.15, 0.2) is 0 Å². The topological polar surface area (TPSA) is 38.5 Å². The van der Waals surface area contributed by atoms with Gasteiger partial charge in [0.05, 0.1) is 12.7 Å². The Hall–Kier alpha value is 0.210. The highest BCUT2D eigenvalue weighted by molar-refractivity contribution is 5.85. The van der Waals surface area contributed by atoms with Crippen LogP contribution in [0.3, 0.4) is 0 Å². The van der Waals surface area contributed by atoms with Gasteiger partial charge in [0.25, 0.3) is 0 Å². The fraction of sp³-hybridized carbons (Fsp3) is 1.00. The molecule has 2 N–H and O–H groups in total. The Morgan fingerprint density at radius 3 is 1.88 bits per heavy atom. The van der Waals surface area contributed by atoms with E-state index in [1.165, 1.54) is 0 Å². The molecule has 0 aromatic rings. The first-order valence-electron chi connectivity index (χ1n) is 2.63. The minimum absolute atomic E-state index is 0. The lowest BCUT2D eigenvalue weighted by Gasteiger charge is -1.53. The van der Waals surface area contributed by atoms with Gasteiger partial charge in [0.2, 0.25) is 0 Å². The molecule has 1 fully saturated rings. The lowest BCUT2D eigenvalue weighted by Crippen LogP contribution is -1.87. The third-order valence-corrected chi connectivity index (χ3v) is 0.500. The van der Waals surface area contributed by atoms with Gasteiger partial charge in [0.15, 0.2) is 0 Å². The van der Waals surface area contributed by atoms with E-state index in [1.54, 1.807) is 0 Å². The first-order chi connectivity index (χ1) is 3.31. The number of ether oxygens (including phenoxy) is 1. The molecule has 1 rings (SSSR count). The van der Waals surface area contributed by atoms with Gasteiger partial charge in [-0.25, -0.2) is 0 Å². The average molecular weight is 140 g/mol. The molecule has 0 saturated carbocycles. The van der Waals surface area contributed by atoms with E-state index in [9.17, 15) is 0 Å². The summed E-state index contributed by atoms with van der Waals surface area (Å²) in [5.74, 6) is 0. The maximum Gasteiger partial charge on any atom is 0.0781 e. The van der Waals surface area contributed by atoms with Crippen LogP contribution in [-0.4, -0.2) is 19.3 Å². The number of nitrogens with two attached hydrogens (primary N) is 1. The molecule has 1 aliphatic heterocycles. The summed E-state index contributed by atoms with van der Waals surface area (Å²) in [6.45, 7) is 5.69. The maximum absolute atomic E-state index is 4.85. The van der Waals surface area contributed by atoms with E-state index < -0.39 is 0 Å². The summed E-state index contributed by atoms with van der Waals surface area (Å²) in [5.41, 5.74) is 4.85. The number of epoxide rings is 1. The molecular weight excluding hydrogens is 126 g/mol. The number of rotatable bonds is 0. The summed E-state index contributed by atoms with van der Waals surface area (Å²) < 4.78 is 4.71. The van der Waals surface area contributed by atoms with Crippen molar-refractivity contribution in [1.29, 1.82) is 0 Å². The van der Waals surface area contributed by atoms with Crippen molar-refractivity contribution in [2.75, 3.05) is 13.2 Å². The Bertz CT molecular complexity index is 39.4. The molecular formula is C5H14ClNO. The molecule has 1 heterocycles. The van der Waals surface area contributed by atoms with Crippen molar-refractivity contribution in [3.05, 3.63) is 0 Å². The van der Waals surface area contributed by atoms with Crippen LogP contribution >= 0.6 is 12.4 Å². The first kappa shape index (κ1) is 11.1. The standard InChI is InChI=1S/C3H6O.C2H7N.ClH/c1-3-2-4-3;1-2-3;/h3H,2H2,1H3;2-3H2,1H3;1H. The second-order valence-electron chi connectivity index (χ2n) is 1.55. The van der Waals surface area contributed by atoms with Crippen LogP contribution in [0.1, 0.15) is 13.8 Å². The van der Waals surface area contributed by atoms with Crippen LogP contribution in [0.2, 0.25) is 0 Å². The number of hydrogen-bond donors (Lipinski definition) is 1. The van der Waals surface area contributed by atoms with Crippen molar-refractivity contribution in [2.24, 2.45) is 5.73 Å². The Morgan fingerprint density at radius 1 is 1.75 bits per heavy atom. The van der Waals surface area contributed by atoms with Gasteiger partial charge in [0.1, 0.15) is 0 Å². The monoisotopic (exact) mass is 139 g/mol. The fourth-order valence-electron chi connectivity index (χ4n) is 0.0962. The summed E-state index contributed by atoms with van der Waals surface area (Å²) >= 11 is 0. The van der Waals surface area contributed by atoms with Crippen molar-refractivity contribution in [2.45, 2.75) is 20.0 Å².